The second kappa shape index (κ2) is 8.34. The Bertz CT molecular complexity index is 390. The normalized spacial score (nSPS) is 11.9. The number of hydrogen-bond donors (Lipinski definition) is 2. The summed E-state index contributed by atoms with van der Waals surface area (Å²) in [5.41, 5.74) is 0.834. The fourth-order valence-corrected chi connectivity index (χ4v) is 1.53. The Kier molecular flexibility index (Phi) is 7.55. The highest BCUT2D eigenvalue weighted by Crippen LogP contribution is 2.06. The van der Waals surface area contributed by atoms with Crippen molar-refractivity contribution in [1.29, 1.82) is 0 Å². The van der Waals surface area contributed by atoms with Crippen molar-refractivity contribution in [2.75, 3.05) is 0 Å². The number of terminal acetylenes is 1. The first kappa shape index (κ1) is 17.2. The second-order valence-corrected chi connectivity index (χ2v) is 5.28. The van der Waals surface area contributed by atoms with Crippen molar-refractivity contribution in [3.8, 4) is 12.8 Å². The summed E-state index contributed by atoms with van der Waals surface area (Å²) in [4.78, 5) is 11.6. The molecule has 3 heteroatoms. The first-order valence-corrected chi connectivity index (χ1v) is 6.26. The minimum Gasteiger partial charge on any atom is -0.383 e. The molecule has 0 bridgehead atoms. The van der Waals surface area contributed by atoms with E-state index in [1.807, 2.05) is 51.1 Å². The van der Waals surface area contributed by atoms with Crippen molar-refractivity contribution < 1.29 is 9.90 Å². The van der Waals surface area contributed by atoms with Crippen LogP contribution in [0.1, 0.15) is 32.8 Å². The van der Waals surface area contributed by atoms with Crippen molar-refractivity contribution in [3.05, 3.63) is 35.9 Å². The van der Waals surface area contributed by atoms with Gasteiger partial charge in [0.15, 0.2) is 0 Å². The zero-order valence-electron chi connectivity index (χ0n) is 11.9. The van der Waals surface area contributed by atoms with Crippen molar-refractivity contribution in [3.63, 3.8) is 0 Å². The lowest BCUT2D eigenvalue weighted by Crippen LogP contribution is -2.46. The van der Waals surface area contributed by atoms with Gasteiger partial charge >= 0.3 is 0 Å². The Morgan fingerprint density at radius 3 is 2.26 bits per heavy atom. The van der Waals surface area contributed by atoms with Gasteiger partial charge in [-0.25, -0.2) is 0 Å². The van der Waals surface area contributed by atoms with E-state index in [1.54, 1.807) is 0 Å². The maximum atomic E-state index is 11.6. The average molecular weight is 261 g/mol. The Morgan fingerprint density at radius 1 is 1.26 bits per heavy atom. The van der Waals surface area contributed by atoms with Gasteiger partial charge < -0.3 is 10.4 Å². The molecule has 19 heavy (non-hydrogen) atoms. The molecule has 3 nitrogen and oxygen atoms in total. The van der Waals surface area contributed by atoms with Crippen LogP contribution in [0.5, 0.6) is 0 Å². The number of aliphatic hydroxyl groups excluding tert-OH is 1. The highest BCUT2D eigenvalue weighted by Gasteiger charge is 2.20. The predicted octanol–water partition coefficient (Wildman–Crippen LogP) is 2.14. The van der Waals surface area contributed by atoms with E-state index >= 15 is 0 Å². The number of aliphatic hydroxyl groups is 1. The number of nitrogens with one attached hydrogen (secondary N) is 1. The lowest BCUT2D eigenvalue weighted by molar-refractivity contribution is -0.131. The molecule has 0 heterocycles. The topological polar surface area (TPSA) is 49.3 Å². The third kappa shape index (κ3) is 8.01. The lowest BCUT2D eigenvalue weighted by Gasteiger charge is -2.22. The van der Waals surface area contributed by atoms with Crippen LogP contribution in [0.3, 0.4) is 0 Å². The summed E-state index contributed by atoms with van der Waals surface area (Å²) in [6.45, 7) is 5.69. The molecule has 2 N–H and O–H groups in total. The van der Waals surface area contributed by atoms with Crippen molar-refractivity contribution in [1.82, 2.24) is 5.32 Å². The van der Waals surface area contributed by atoms with Gasteiger partial charge in [-0.2, -0.15) is 0 Å². The van der Waals surface area contributed by atoms with E-state index in [0.29, 0.717) is 12.8 Å². The molecular formula is C16H23NO2. The molecule has 1 rings (SSSR count). The molecule has 0 saturated heterocycles. The number of amides is 1. The maximum absolute atomic E-state index is 11.6. The Balaban J connectivity index is 0.00000154. The van der Waals surface area contributed by atoms with Gasteiger partial charge in [-0.15, -0.1) is 12.8 Å². The zero-order valence-corrected chi connectivity index (χ0v) is 11.9. The van der Waals surface area contributed by atoms with Crippen LogP contribution < -0.4 is 5.32 Å². The molecule has 0 aliphatic rings. The van der Waals surface area contributed by atoms with E-state index in [9.17, 15) is 9.90 Å². The first-order valence-electron chi connectivity index (χ1n) is 6.26. The number of rotatable bonds is 4. The van der Waals surface area contributed by atoms with Gasteiger partial charge in [0.1, 0.15) is 6.10 Å². The fraction of sp³-hybridized carbons (Fsp3) is 0.438. The smallest absolute Gasteiger partial charge is 0.249 e. The molecule has 1 amide bonds. The van der Waals surface area contributed by atoms with Gasteiger partial charge in [-0.1, -0.05) is 30.3 Å². The van der Waals surface area contributed by atoms with Crippen LogP contribution in [0, 0.1) is 12.8 Å². The molecule has 1 unspecified atom stereocenters. The summed E-state index contributed by atoms with van der Waals surface area (Å²) in [5.74, 6) is -0.298. The summed E-state index contributed by atoms with van der Waals surface area (Å²) in [6, 6.07) is 9.85. The number of carbonyl (C=O) groups is 1. The average Bonchev–Trinajstić information content (AvgIpc) is 2.37. The Labute approximate surface area is 116 Å². The van der Waals surface area contributed by atoms with E-state index in [2.05, 4.69) is 18.2 Å². The van der Waals surface area contributed by atoms with Gasteiger partial charge in [-0.3, -0.25) is 4.79 Å². The zero-order chi connectivity index (χ0) is 14.9. The number of carbonyl (C=O) groups excluding carboxylic acids is 1. The van der Waals surface area contributed by atoms with Crippen LogP contribution >= 0.6 is 0 Å². The van der Waals surface area contributed by atoms with Gasteiger partial charge in [0.05, 0.1) is 0 Å². The minimum absolute atomic E-state index is 0.298. The second-order valence-electron chi connectivity index (χ2n) is 5.28. The quantitative estimate of drug-likeness (QED) is 0.816. The van der Waals surface area contributed by atoms with Crippen LogP contribution in [-0.2, 0) is 11.2 Å². The van der Waals surface area contributed by atoms with Crippen LogP contribution in [0.15, 0.2) is 30.3 Å². The Morgan fingerprint density at radius 2 is 1.79 bits per heavy atom. The summed E-state index contributed by atoms with van der Waals surface area (Å²) in [5, 5.41) is 12.5. The number of aryl methyl sites for hydroxylation is 1. The molecular weight excluding hydrogens is 238 g/mol. The van der Waals surface area contributed by atoms with Crippen LogP contribution in [0.2, 0.25) is 0 Å². The van der Waals surface area contributed by atoms with E-state index in [4.69, 9.17) is 0 Å². The molecule has 0 aliphatic carbocycles. The molecule has 104 valence electrons. The standard InChI is InChI=1S/C14H21NO2.C2H2/c1-14(2,3)15-13(17)12(16)10-9-11-7-5-4-6-8-11;1-2/h4-8,12,16H,9-10H2,1-3H3,(H,15,17);1-2H. The lowest BCUT2D eigenvalue weighted by atomic mass is 10.0. The maximum Gasteiger partial charge on any atom is 0.249 e. The molecule has 1 atom stereocenters. The Hall–Kier alpha value is -1.79. The largest absolute Gasteiger partial charge is 0.383 e. The molecule has 1 aromatic carbocycles. The molecule has 0 aliphatic heterocycles. The van der Waals surface area contributed by atoms with E-state index in [0.717, 1.165) is 5.56 Å². The third-order valence-electron chi connectivity index (χ3n) is 2.35. The van der Waals surface area contributed by atoms with Gasteiger partial charge in [-0.05, 0) is 39.2 Å². The van der Waals surface area contributed by atoms with Crippen molar-refractivity contribution in [2.24, 2.45) is 0 Å². The highest BCUT2D eigenvalue weighted by molar-refractivity contribution is 5.81. The molecule has 0 saturated carbocycles. The van der Waals surface area contributed by atoms with Crippen molar-refractivity contribution in [2.45, 2.75) is 45.3 Å². The highest BCUT2D eigenvalue weighted by atomic mass is 16.3. The molecule has 1 aromatic rings. The minimum atomic E-state index is -0.936. The molecule has 0 fully saturated rings. The van der Waals surface area contributed by atoms with Crippen LogP contribution in [0.25, 0.3) is 0 Å². The number of hydrogen-bond acceptors (Lipinski definition) is 2. The molecule has 0 spiro atoms. The van der Waals surface area contributed by atoms with Crippen LogP contribution in [0.4, 0.5) is 0 Å². The fourth-order valence-electron chi connectivity index (χ4n) is 1.53. The van der Waals surface area contributed by atoms with Gasteiger partial charge in [0.25, 0.3) is 0 Å². The summed E-state index contributed by atoms with van der Waals surface area (Å²) in [6.07, 6.45) is 8.22. The summed E-state index contributed by atoms with van der Waals surface area (Å²) < 4.78 is 0. The first-order chi connectivity index (χ1) is 8.88. The summed E-state index contributed by atoms with van der Waals surface area (Å²) in [7, 11) is 0. The van der Waals surface area contributed by atoms with Crippen LogP contribution in [-0.4, -0.2) is 22.7 Å². The predicted molar refractivity (Wildman–Crippen MR) is 78.6 cm³/mol. The van der Waals surface area contributed by atoms with E-state index < -0.39 is 6.10 Å². The van der Waals surface area contributed by atoms with E-state index in [-0.39, 0.29) is 11.4 Å². The third-order valence-corrected chi connectivity index (χ3v) is 2.35. The van der Waals surface area contributed by atoms with E-state index in [1.165, 1.54) is 0 Å². The molecule has 0 aromatic heterocycles. The molecule has 0 radical (unpaired) electrons. The van der Waals surface area contributed by atoms with Crippen molar-refractivity contribution >= 4 is 5.91 Å². The SMILES string of the molecule is C#C.CC(C)(C)NC(=O)C(O)CCc1ccccc1. The number of benzene rings is 1. The van der Waals surface area contributed by atoms with Gasteiger partial charge in [0.2, 0.25) is 5.91 Å². The summed E-state index contributed by atoms with van der Waals surface area (Å²) >= 11 is 0. The van der Waals surface area contributed by atoms with Gasteiger partial charge in [0, 0.05) is 5.54 Å². The monoisotopic (exact) mass is 261 g/mol.